The maximum Gasteiger partial charge on any atom is 0 e. The van der Waals surface area contributed by atoms with Gasteiger partial charge in [0.15, 0.2) is 0 Å². The van der Waals surface area contributed by atoms with E-state index in [9.17, 15) is 0 Å². The monoisotopic (exact) mass is 228 g/mol. The molecule has 0 atom stereocenters. The average Bonchev–Trinajstić information content (AvgIpc) is 1.83. The van der Waals surface area contributed by atoms with Gasteiger partial charge >= 0.3 is 0 Å². The molecule has 0 bridgehead atoms. The Labute approximate surface area is 79.0 Å². The van der Waals surface area contributed by atoms with Crippen molar-refractivity contribution in [2.45, 2.75) is 20.3 Å². The van der Waals surface area contributed by atoms with Crippen LogP contribution in [0.1, 0.15) is 20.3 Å². The van der Waals surface area contributed by atoms with Gasteiger partial charge in [0, 0.05) is 27.3 Å². The predicted octanol–water partition coefficient (Wildman–Crippen LogP) is 1.55. The van der Waals surface area contributed by atoms with E-state index in [4.69, 9.17) is 0 Å². The Balaban J connectivity index is 0. The Morgan fingerprint density at radius 1 is 1.22 bits per heavy atom. The average molecular weight is 227 g/mol. The fraction of sp³-hybridized carbons (Fsp3) is 0.857. The van der Waals surface area contributed by atoms with Crippen molar-refractivity contribution in [1.82, 2.24) is 4.90 Å². The molecule has 0 fully saturated rings. The van der Waals surface area contributed by atoms with E-state index in [0.29, 0.717) is 0 Å². The molecule has 0 unspecified atom stereocenters. The van der Waals surface area contributed by atoms with Gasteiger partial charge < -0.3 is 11.8 Å². The van der Waals surface area contributed by atoms with Crippen LogP contribution in [-0.4, -0.2) is 24.5 Å². The molecule has 0 aromatic heterocycles. The summed E-state index contributed by atoms with van der Waals surface area (Å²) in [6.45, 7) is 11.6. The fourth-order valence-electron chi connectivity index (χ4n) is 0.763. The molecule has 0 saturated carbocycles. The van der Waals surface area contributed by atoms with Crippen LogP contribution in [-0.2, 0) is 27.3 Å². The SMILES string of the molecule is [CH2-]CCN(CC)CC.[Cd]. The fourth-order valence-corrected chi connectivity index (χ4v) is 0.763. The molecule has 0 amide bonds. The summed E-state index contributed by atoms with van der Waals surface area (Å²) in [6, 6.07) is 0. The maximum atomic E-state index is 3.78. The quantitative estimate of drug-likeness (QED) is 0.519. The van der Waals surface area contributed by atoms with Crippen LogP contribution in [0.3, 0.4) is 0 Å². The molecule has 0 aliphatic rings. The van der Waals surface area contributed by atoms with E-state index in [2.05, 4.69) is 25.7 Å². The summed E-state index contributed by atoms with van der Waals surface area (Å²) in [4.78, 5) is 2.37. The minimum atomic E-state index is 0. The molecule has 0 spiro atoms. The Kier molecular flexibility index (Phi) is 12.4. The first-order valence-electron chi connectivity index (χ1n) is 3.36. The van der Waals surface area contributed by atoms with Crippen molar-refractivity contribution in [1.29, 1.82) is 0 Å². The largest absolute Gasteiger partial charge is 0.342 e. The van der Waals surface area contributed by atoms with Gasteiger partial charge in [0.2, 0.25) is 0 Å². The maximum absolute atomic E-state index is 3.78. The standard InChI is InChI=1S/C7H16N.Cd/c1-4-7-8(5-2)6-3;/h1,4-7H2,2-3H3;/q-1;. The van der Waals surface area contributed by atoms with E-state index in [1.165, 1.54) is 0 Å². The molecular weight excluding hydrogens is 210 g/mol. The number of hydrogen-bond acceptors (Lipinski definition) is 1. The van der Waals surface area contributed by atoms with E-state index < -0.39 is 0 Å². The van der Waals surface area contributed by atoms with Gasteiger partial charge in [-0.2, -0.15) is 6.42 Å². The molecule has 0 N–H and O–H groups in total. The first-order valence-corrected chi connectivity index (χ1v) is 3.36. The van der Waals surface area contributed by atoms with Crippen molar-refractivity contribution in [2.24, 2.45) is 0 Å². The van der Waals surface area contributed by atoms with Crippen molar-refractivity contribution in [3.8, 4) is 0 Å². The summed E-state index contributed by atoms with van der Waals surface area (Å²) in [5.41, 5.74) is 0. The zero-order valence-corrected chi connectivity index (χ0v) is 10.7. The molecule has 0 heterocycles. The molecule has 0 aromatic carbocycles. The molecule has 0 aromatic rings. The Hall–Kier alpha value is 0.882. The van der Waals surface area contributed by atoms with Crippen LogP contribution in [0.4, 0.5) is 0 Å². The minimum Gasteiger partial charge on any atom is -0.342 e. The van der Waals surface area contributed by atoms with Gasteiger partial charge in [0.1, 0.15) is 0 Å². The van der Waals surface area contributed by atoms with Crippen molar-refractivity contribution in [3.05, 3.63) is 6.92 Å². The summed E-state index contributed by atoms with van der Waals surface area (Å²) >= 11 is 0. The Bertz CT molecular complexity index is 44.2. The topological polar surface area (TPSA) is 3.24 Å². The second-order valence-electron chi connectivity index (χ2n) is 1.88. The zero-order valence-electron chi connectivity index (χ0n) is 6.69. The Morgan fingerprint density at radius 3 is 1.78 bits per heavy atom. The van der Waals surface area contributed by atoms with Gasteiger partial charge in [0.05, 0.1) is 0 Å². The van der Waals surface area contributed by atoms with E-state index in [1.54, 1.807) is 0 Å². The Morgan fingerprint density at radius 2 is 1.67 bits per heavy atom. The van der Waals surface area contributed by atoms with E-state index in [0.717, 1.165) is 26.1 Å². The first-order chi connectivity index (χ1) is 3.85. The normalized spacial score (nSPS) is 9.33. The van der Waals surface area contributed by atoms with Crippen molar-refractivity contribution < 1.29 is 27.3 Å². The smallest absolute Gasteiger partial charge is 0 e. The van der Waals surface area contributed by atoms with Gasteiger partial charge in [0.25, 0.3) is 0 Å². The third-order valence-electron chi connectivity index (χ3n) is 1.37. The predicted molar refractivity (Wildman–Crippen MR) is 37.8 cm³/mol. The van der Waals surface area contributed by atoms with Crippen molar-refractivity contribution >= 4 is 0 Å². The van der Waals surface area contributed by atoms with Crippen LogP contribution < -0.4 is 0 Å². The van der Waals surface area contributed by atoms with Crippen LogP contribution in [0.15, 0.2) is 0 Å². The molecule has 0 rings (SSSR count). The summed E-state index contributed by atoms with van der Waals surface area (Å²) in [5.74, 6) is 0. The summed E-state index contributed by atoms with van der Waals surface area (Å²) < 4.78 is 0. The summed E-state index contributed by atoms with van der Waals surface area (Å²) in [7, 11) is 0. The van der Waals surface area contributed by atoms with Crippen LogP contribution in [0, 0.1) is 6.92 Å². The molecule has 9 heavy (non-hydrogen) atoms. The van der Waals surface area contributed by atoms with E-state index in [1.807, 2.05) is 0 Å². The molecule has 2 heteroatoms. The zero-order chi connectivity index (χ0) is 6.41. The molecule has 0 aliphatic carbocycles. The van der Waals surface area contributed by atoms with Gasteiger partial charge in [-0.15, -0.1) is 0 Å². The third-order valence-corrected chi connectivity index (χ3v) is 1.37. The second kappa shape index (κ2) is 8.88. The number of hydrogen-bond donors (Lipinski definition) is 0. The van der Waals surface area contributed by atoms with Crippen LogP contribution >= 0.6 is 0 Å². The third kappa shape index (κ3) is 6.77. The number of rotatable bonds is 4. The van der Waals surface area contributed by atoms with Crippen LogP contribution in [0.25, 0.3) is 0 Å². The van der Waals surface area contributed by atoms with E-state index >= 15 is 0 Å². The molecule has 1 nitrogen and oxygen atoms in total. The number of nitrogens with zero attached hydrogens (tertiary/aromatic N) is 1. The second-order valence-corrected chi connectivity index (χ2v) is 1.88. The van der Waals surface area contributed by atoms with E-state index in [-0.39, 0.29) is 27.3 Å². The van der Waals surface area contributed by atoms with Crippen molar-refractivity contribution in [3.63, 3.8) is 0 Å². The summed E-state index contributed by atoms with van der Waals surface area (Å²) in [5, 5.41) is 0. The molecule has 0 saturated heterocycles. The summed E-state index contributed by atoms with van der Waals surface area (Å²) in [6.07, 6.45) is 1.03. The van der Waals surface area contributed by atoms with Gasteiger partial charge in [-0.3, -0.25) is 0 Å². The molecule has 52 valence electrons. The molecular formula is C7H16CdN-. The van der Waals surface area contributed by atoms with Crippen LogP contribution in [0.5, 0.6) is 0 Å². The first kappa shape index (κ1) is 12.5. The van der Waals surface area contributed by atoms with Gasteiger partial charge in [-0.25, -0.2) is 0 Å². The minimum absolute atomic E-state index is 0. The van der Waals surface area contributed by atoms with Gasteiger partial charge in [-0.05, 0) is 19.6 Å². The van der Waals surface area contributed by atoms with Gasteiger partial charge in [-0.1, -0.05) is 13.8 Å². The molecule has 0 radical (unpaired) electrons. The molecule has 0 aliphatic heterocycles. The van der Waals surface area contributed by atoms with Crippen LogP contribution in [0.2, 0.25) is 0 Å². The van der Waals surface area contributed by atoms with Crippen molar-refractivity contribution in [2.75, 3.05) is 19.6 Å².